The van der Waals surface area contributed by atoms with Crippen molar-refractivity contribution < 1.29 is 0 Å². The van der Waals surface area contributed by atoms with Gasteiger partial charge >= 0.3 is 0 Å². The first kappa shape index (κ1) is 12.0. The summed E-state index contributed by atoms with van der Waals surface area (Å²) < 4.78 is 9.87. The summed E-state index contributed by atoms with van der Waals surface area (Å²) in [6, 6.07) is 5.75. The molecule has 102 valence electrons. The van der Waals surface area contributed by atoms with Crippen LogP contribution in [0, 0.1) is 0 Å². The molecule has 0 amide bonds. The van der Waals surface area contributed by atoms with Crippen LogP contribution < -0.4 is 5.56 Å². The number of nitrogens with zero attached hydrogens (tertiary/aromatic N) is 6. The second kappa shape index (κ2) is 4.67. The van der Waals surface area contributed by atoms with Crippen LogP contribution >= 0.6 is 11.7 Å². The molecule has 0 unspecified atom stereocenters. The number of hydrogen-bond donors (Lipinski definition) is 0. The Morgan fingerprint density at radius 1 is 1.05 bits per heavy atom. The van der Waals surface area contributed by atoms with E-state index in [4.69, 9.17) is 0 Å². The van der Waals surface area contributed by atoms with Gasteiger partial charge < -0.3 is 0 Å². The summed E-state index contributed by atoms with van der Waals surface area (Å²) in [5.74, 6) is 0. The number of benzene rings is 1. The zero-order valence-corrected chi connectivity index (χ0v) is 11.5. The molecular weight excluding hydrogens is 288 g/mol. The molecule has 0 atom stereocenters. The third-order valence-electron chi connectivity index (χ3n) is 3.13. The predicted molar refractivity (Wildman–Crippen MR) is 78.1 cm³/mol. The average molecular weight is 296 g/mol. The fourth-order valence-corrected chi connectivity index (χ4v) is 2.64. The molecule has 3 aromatic heterocycles. The highest BCUT2D eigenvalue weighted by atomic mass is 32.1. The van der Waals surface area contributed by atoms with Crippen molar-refractivity contribution in [1.82, 2.24) is 28.3 Å². The van der Waals surface area contributed by atoms with E-state index in [1.165, 1.54) is 35.0 Å². The molecule has 0 saturated carbocycles. The van der Waals surface area contributed by atoms with Crippen LogP contribution in [0.2, 0.25) is 0 Å². The van der Waals surface area contributed by atoms with E-state index in [1.54, 1.807) is 0 Å². The van der Waals surface area contributed by atoms with E-state index in [0.717, 1.165) is 16.6 Å². The van der Waals surface area contributed by atoms with E-state index in [9.17, 15) is 4.79 Å². The lowest BCUT2D eigenvalue weighted by Gasteiger charge is -2.05. The highest BCUT2D eigenvalue weighted by Gasteiger charge is 2.07. The van der Waals surface area contributed by atoms with Crippen LogP contribution in [0.3, 0.4) is 0 Å². The van der Waals surface area contributed by atoms with Crippen LogP contribution in [0.4, 0.5) is 0 Å². The van der Waals surface area contributed by atoms with Crippen LogP contribution in [0.1, 0.15) is 5.56 Å². The van der Waals surface area contributed by atoms with Crippen LogP contribution in [-0.4, -0.2) is 28.3 Å². The number of aromatic nitrogens is 6. The second-order valence-corrected chi connectivity index (χ2v) is 5.02. The predicted octanol–water partition coefficient (Wildman–Crippen LogP) is 1.24. The van der Waals surface area contributed by atoms with Gasteiger partial charge in [-0.15, -0.1) is 0 Å². The smallest absolute Gasteiger partial charge is 0.281 e. The van der Waals surface area contributed by atoms with Gasteiger partial charge in [0.15, 0.2) is 11.2 Å². The Bertz CT molecular complexity index is 1010. The van der Waals surface area contributed by atoms with Crippen molar-refractivity contribution in [3.8, 4) is 0 Å². The van der Waals surface area contributed by atoms with Gasteiger partial charge in [0, 0.05) is 12.4 Å². The molecule has 0 saturated heterocycles. The van der Waals surface area contributed by atoms with Gasteiger partial charge in [0.25, 0.3) is 5.56 Å². The Kier molecular flexibility index (Phi) is 2.68. The van der Waals surface area contributed by atoms with Crippen molar-refractivity contribution in [3.63, 3.8) is 0 Å². The summed E-state index contributed by atoms with van der Waals surface area (Å²) in [7, 11) is 0. The van der Waals surface area contributed by atoms with Gasteiger partial charge in [0.1, 0.15) is 17.4 Å². The Hall–Kier alpha value is -2.74. The lowest BCUT2D eigenvalue weighted by molar-refractivity contribution is 0.744. The maximum Gasteiger partial charge on any atom is 0.281 e. The molecule has 0 N–H and O–H groups in total. The van der Waals surface area contributed by atoms with E-state index in [-0.39, 0.29) is 11.1 Å². The Morgan fingerprint density at radius 3 is 2.86 bits per heavy atom. The van der Waals surface area contributed by atoms with E-state index in [2.05, 4.69) is 23.7 Å². The van der Waals surface area contributed by atoms with Gasteiger partial charge in [-0.2, -0.15) is 8.75 Å². The minimum absolute atomic E-state index is 0.204. The normalized spacial score (nSPS) is 11.2. The standard InChI is InChI=1S/C13H8N6OS/c20-13-11-12(15-4-3-14-11)16-7-19(13)6-8-1-2-9-10(5-8)18-21-17-9/h1-5,7H,6H2. The lowest BCUT2D eigenvalue weighted by atomic mass is 10.2. The molecule has 0 aliphatic carbocycles. The Morgan fingerprint density at radius 2 is 1.90 bits per heavy atom. The van der Waals surface area contributed by atoms with E-state index in [1.807, 2.05) is 18.2 Å². The molecule has 0 radical (unpaired) electrons. The molecule has 8 heteroatoms. The molecule has 0 aliphatic heterocycles. The molecule has 3 heterocycles. The van der Waals surface area contributed by atoms with E-state index >= 15 is 0 Å². The van der Waals surface area contributed by atoms with E-state index < -0.39 is 0 Å². The first-order chi connectivity index (χ1) is 10.3. The fraction of sp³-hybridized carbons (Fsp3) is 0.0769. The maximum atomic E-state index is 12.3. The third kappa shape index (κ3) is 2.05. The largest absolute Gasteiger partial charge is 0.293 e. The summed E-state index contributed by atoms with van der Waals surface area (Å²) >= 11 is 1.17. The van der Waals surface area contributed by atoms with Crippen LogP contribution in [0.25, 0.3) is 22.2 Å². The van der Waals surface area contributed by atoms with Gasteiger partial charge in [-0.1, -0.05) is 6.07 Å². The average Bonchev–Trinajstić information content (AvgIpc) is 2.98. The monoisotopic (exact) mass is 296 g/mol. The summed E-state index contributed by atoms with van der Waals surface area (Å²) in [5.41, 5.74) is 3.08. The molecule has 0 fully saturated rings. The third-order valence-corrected chi connectivity index (χ3v) is 3.69. The first-order valence-corrected chi connectivity index (χ1v) is 6.92. The van der Waals surface area contributed by atoms with Crippen LogP contribution in [0.15, 0.2) is 41.7 Å². The van der Waals surface area contributed by atoms with Crippen molar-refractivity contribution in [2.24, 2.45) is 0 Å². The van der Waals surface area contributed by atoms with Gasteiger partial charge in [-0.05, 0) is 17.7 Å². The minimum Gasteiger partial charge on any atom is -0.293 e. The quantitative estimate of drug-likeness (QED) is 0.553. The molecule has 0 aliphatic rings. The minimum atomic E-state index is -0.204. The second-order valence-electron chi connectivity index (χ2n) is 4.49. The molecule has 1 aromatic carbocycles. The lowest BCUT2D eigenvalue weighted by Crippen LogP contribution is -2.22. The van der Waals surface area contributed by atoms with Crippen molar-refractivity contribution in [2.45, 2.75) is 6.54 Å². The molecular formula is C13H8N6OS. The summed E-state index contributed by atoms with van der Waals surface area (Å²) in [6.45, 7) is 0.409. The van der Waals surface area contributed by atoms with Gasteiger partial charge in [-0.25, -0.2) is 15.0 Å². The molecule has 0 bridgehead atoms. The van der Waals surface area contributed by atoms with Crippen LogP contribution in [0.5, 0.6) is 0 Å². The topological polar surface area (TPSA) is 86.5 Å². The summed E-state index contributed by atoms with van der Waals surface area (Å²) in [5, 5.41) is 0. The highest BCUT2D eigenvalue weighted by molar-refractivity contribution is 7.00. The molecule has 7 nitrogen and oxygen atoms in total. The molecule has 21 heavy (non-hydrogen) atoms. The summed E-state index contributed by atoms with van der Waals surface area (Å²) in [4.78, 5) is 24.6. The van der Waals surface area contributed by atoms with Crippen LogP contribution in [-0.2, 0) is 6.54 Å². The van der Waals surface area contributed by atoms with Crippen molar-refractivity contribution >= 4 is 33.9 Å². The Labute approximate surface area is 122 Å². The van der Waals surface area contributed by atoms with Gasteiger partial charge in [0.05, 0.1) is 18.3 Å². The first-order valence-electron chi connectivity index (χ1n) is 6.18. The molecule has 4 rings (SSSR count). The zero-order chi connectivity index (χ0) is 14.2. The Balaban J connectivity index is 1.79. The van der Waals surface area contributed by atoms with Gasteiger partial charge in [0.2, 0.25) is 0 Å². The molecule has 0 spiro atoms. The maximum absolute atomic E-state index is 12.3. The number of hydrogen-bond acceptors (Lipinski definition) is 7. The SMILES string of the molecule is O=c1c2nccnc2ncn1Cc1ccc2nsnc2c1. The number of fused-ring (bicyclic) bond motifs is 2. The highest BCUT2D eigenvalue weighted by Crippen LogP contribution is 2.14. The van der Waals surface area contributed by atoms with E-state index in [0.29, 0.717) is 12.2 Å². The number of rotatable bonds is 2. The molecule has 4 aromatic rings. The van der Waals surface area contributed by atoms with Crippen molar-refractivity contribution in [2.75, 3.05) is 0 Å². The fourth-order valence-electron chi connectivity index (χ4n) is 2.12. The van der Waals surface area contributed by atoms with Crippen molar-refractivity contribution in [3.05, 3.63) is 52.8 Å². The van der Waals surface area contributed by atoms with Crippen molar-refractivity contribution in [1.29, 1.82) is 0 Å². The summed E-state index contributed by atoms with van der Waals surface area (Å²) in [6.07, 6.45) is 4.49. The van der Waals surface area contributed by atoms with Gasteiger partial charge in [-0.3, -0.25) is 9.36 Å². The zero-order valence-electron chi connectivity index (χ0n) is 10.7.